The van der Waals surface area contributed by atoms with E-state index in [0.29, 0.717) is 24.3 Å². The van der Waals surface area contributed by atoms with Gasteiger partial charge in [-0.3, -0.25) is 9.69 Å². The van der Waals surface area contributed by atoms with Crippen LogP contribution in [-0.4, -0.2) is 68.1 Å². The minimum Gasteiger partial charge on any atom is -0.492 e. The second kappa shape index (κ2) is 10.1. The lowest BCUT2D eigenvalue weighted by molar-refractivity contribution is -0.132. The zero-order chi connectivity index (χ0) is 20.6. The zero-order valence-corrected chi connectivity index (χ0v) is 17.1. The third-order valence-electron chi connectivity index (χ3n) is 5.13. The maximum absolute atomic E-state index is 12.5. The van der Waals surface area contributed by atoms with E-state index in [1.165, 1.54) is 12.7 Å². The molecule has 0 saturated carbocycles. The molecule has 0 aliphatic carbocycles. The minimum atomic E-state index is -0.373. The molecule has 1 saturated heterocycles. The van der Waals surface area contributed by atoms with Gasteiger partial charge in [0, 0.05) is 32.7 Å². The van der Waals surface area contributed by atoms with Crippen LogP contribution in [0.25, 0.3) is 0 Å². The van der Waals surface area contributed by atoms with Crippen LogP contribution in [0.5, 0.6) is 5.75 Å². The number of hydrogen-bond acceptors (Lipinski definition) is 5. The molecule has 0 aromatic heterocycles. The van der Waals surface area contributed by atoms with Gasteiger partial charge in [0.1, 0.15) is 12.4 Å². The van der Waals surface area contributed by atoms with Gasteiger partial charge in [0.25, 0.3) is 0 Å². The summed E-state index contributed by atoms with van der Waals surface area (Å²) in [4.78, 5) is 28.3. The van der Waals surface area contributed by atoms with Crippen LogP contribution in [0.15, 0.2) is 48.5 Å². The van der Waals surface area contributed by atoms with Gasteiger partial charge in [-0.15, -0.1) is 0 Å². The summed E-state index contributed by atoms with van der Waals surface area (Å²) in [5.41, 5.74) is 2.74. The first-order valence-electron chi connectivity index (χ1n) is 9.92. The number of ether oxygens (including phenoxy) is 2. The van der Waals surface area contributed by atoms with Crippen molar-refractivity contribution in [2.45, 2.75) is 13.3 Å². The van der Waals surface area contributed by atoms with Crippen LogP contribution in [0.2, 0.25) is 0 Å². The number of carbonyl (C=O) groups is 2. The predicted molar refractivity (Wildman–Crippen MR) is 111 cm³/mol. The van der Waals surface area contributed by atoms with Gasteiger partial charge in [-0.25, -0.2) is 4.79 Å². The highest BCUT2D eigenvalue weighted by Gasteiger charge is 2.21. The highest BCUT2D eigenvalue weighted by atomic mass is 16.5. The van der Waals surface area contributed by atoms with Crippen molar-refractivity contribution in [3.05, 3.63) is 65.2 Å². The van der Waals surface area contributed by atoms with Crippen molar-refractivity contribution in [1.82, 2.24) is 9.80 Å². The standard InChI is InChI=1S/C23H28N2O4/c1-18-6-8-19(9-7-18)16-22(26)25-12-10-24(11-13-25)14-15-29-21-5-3-4-20(17-21)23(27)28-2/h3-9,17H,10-16H2,1-2H3. The van der Waals surface area contributed by atoms with Gasteiger partial charge in [-0.2, -0.15) is 0 Å². The Bertz CT molecular complexity index is 827. The number of aryl methyl sites for hydroxylation is 1. The first kappa shape index (κ1) is 20.9. The molecular weight excluding hydrogens is 368 g/mol. The number of piperazine rings is 1. The SMILES string of the molecule is COC(=O)c1cccc(OCCN2CCN(C(=O)Cc3ccc(C)cc3)CC2)c1. The fraction of sp³-hybridized carbons (Fsp3) is 0.391. The molecular formula is C23H28N2O4. The van der Waals surface area contributed by atoms with E-state index in [-0.39, 0.29) is 11.9 Å². The maximum Gasteiger partial charge on any atom is 0.337 e. The monoisotopic (exact) mass is 396 g/mol. The summed E-state index contributed by atoms with van der Waals surface area (Å²) in [7, 11) is 1.36. The number of hydrogen-bond donors (Lipinski definition) is 0. The van der Waals surface area contributed by atoms with E-state index in [1.807, 2.05) is 42.2 Å². The lowest BCUT2D eigenvalue weighted by Crippen LogP contribution is -2.49. The van der Waals surface area contributed by atoms with Gasteiger partial charge in [-0.1, -0.05) is 35.9 Å². The molecule has 29 heavy (non-hydrogen) atoms. The maximum atomic E-state index is 12.5. The topological polar surface area (TPSA) is 59.1 Å². The van der Waals surface area contributed by atoms with Gasteiger partial charge in [-0.05, 0) is 30.7 Å². The summed E-state index contributed by atoms with van der Waals surface area (Å²) in [6.45, 7) is 6.51. The molecule has 6 nitrogen and oxygen atoms in total. The third-order valence-corrected chi connectivity index (χ3v) is 5.13. The molecule has 0 radical (unpaired) electrons. The zero-order valence-electron chi connectivity index (χ0n) is 17.1. The molecule has 1 fully saturated rings. The quantitative estimate of drug-likeness (QED) is 0.673. The van der Waals surface area contributed by atoms with Crippen molar-refractivity contribution < 1.29 is 19.1 Å². The van der Waals surface area contributed by atoms with Crippen LogP contribution < -0.4 is 4.74 Å². The van der Waals surface area contributed by atoms with E-state index < -0.39 is 0 Å². The van der Waals surface area contributed by atoms with Gasteiger partial charge in [0.05, 0.1) is 19.1 Å². The van der Waals surface area contributed by atoms with E-state index in [9.17, 15) is 9.59 Å². The van der Waals surface area contributed by atoms with E-state index >= 15 is 0 Å². The summed E-state index contributed by atoms with van der Waals surface area (Å²) >= 11 is 0. The molecule has 154 valence electrons. The first-order chi connectivity index (χ1) is 14.0. The molecule has 1 heterocycles. The second-order valence-electron chi connectivity index (χ2n) is 7.25. The number of rotatable bonds is 7. The fourth-order valence-corrected chi connectivity index (χ4v) is 3.34. The number of esters is 1. The predicted octanol–water partition coefficient (Wildman–Crippen LogP) is 2.55. The number of amides is 1. The van der Waals surface area contributed by atoms with Crippen molar-refractivity contribution >= 4 is 11.9 Å². The molecule has 1 aliphatic heterocycles. The average molecular weight is 396 g/mol. The Hall–Kier alpha value is -2.86. The molecule has 0 unspecified atom stereocenters. The molecule has 6 heteroatoms. The van der Waals surface area contributed by atoms with Gasteiger partial charge in [0.2, 0.25) is 5.91 Å². The van der Waals surface area contributed by atoms with Crippen molar-refractivity contribution in [3.63, 3.8) is 0 Å². The normalized spacial score (nSPS) is 14.5. The second-order valence-corrected chi connectivity index (χ2v) is 7.25. The molecule has 0 spiro atoms. The summed E-state index contributed by atoms with van der Waals surface area (Å²) in [5, 5.41) is 0. The highest BCUT2D eigenvalue weighted by molar-refractivity contribution is 5.89. The van der Waals surface area contributed by atoms with Gasteiger partial charge < -0.3 is 14.4 Å². The largest absolute Gasteiger partial charge is 0.492 e. The van der Waals surface area contributed by atoms with Crippen molar-refractivity contribution in [1.29, 1.82) is 0 Å². The summed E-state index contributed by atoms with van der Waals surface area (Å²) in [5.74, 6) is 0.464. The van der Waals surface area contributed by atoms with E-state index in [0.717, 1.165) is 38.3 Å². The van der Waals surface area contributed by atoms with Crippen molar-refractivity contribution in [2.24, 2.45) is 0 Å². The first-order valence-corrected chi connectivity index (χ1v) is 9.92. The molecule has 2 aromatic carbocycles. The van der Waals surface area contributed by atoms with Crippen LogP contribution in [0, 0.1) is 6.92 Å². The molecule has 0 atom stereocenters. The Morgan fingerprint density at radius 2 is 1.72 bits per heavy atom. The molecule has 1 amide bonds. The van der Waals surface area contributed by atoms with E-state index in [2.05, 4.69) is 4.90 Å². The summed E-state index contributed by atoms with van der Waals surface area (Å²) in [6, 6.07) is 15.1. The summed E-state index contributed by atoms with van der Waals surface area (Å²) in [6.07, 6.45) is 0.458. The highest BCUT2D eigenvalue weighted by Crippen LogP contribution is 2.14. The number of carbonyl (C=O) groups excluding carboxylic acids is 2. The Labute approximate surface area is 172 Å². The molecule has 1 aliphatic rings. The third kappa shape index (κ3) is 6.06. The van der Waals surface area contributed by atoms with E-state index in [1.54, 1.807) is 18.2 Å². The lowest BCUT2D eigenvalue weighted by atomic mass is 10.1. The van der Waals surface area contributed by atoms with Crippen LogP contribution in [0.1, 0.15) is 21.5 Å². The van der Waals surface area contributed by atoms with Crippen molar-refractivity contribution in [3.8, 4) is 5.75 Å². The van der Waals surface area contributed by atoms with E-state index in [4.69, 9.17) is 9.47 Å². The lowest BCUT2D eigenvalue weighted by Gasteiger charge is -2.34. The van der Waals surface area contributed by atoms with Crippen LogP contribution in [-0.2, 0) is 16.0 Å². The Morgan fingerprint density at radius 1 is 1.00 bits per heavy atom. The smallest absolute Gasteiger partial charge is 0.337 e. The Kier molecular flexibility index (Phi) is 7.25. The molecule has 0 bridgehead atoms. The van der Waals surface area contributed by atoms with Crippen molar-refractivity contribution in [2.75, 3.05) is 46.4 Å². The Morgan fingerprint density at radius 3 is 2.41 bits per heavy atom. The molecule has 0 N–H and O–H groups in total. The minimum absolute atomic E-state index is 0.185. The fourth-order valence-electron chi connectivity index (χ4n) is 3.34. The summed E-state index contributed by atoms with van der Waals surface area (Å²) < 4.78 is 10.5. The number of nitrogens with zero attached hydrogens (tertiary/aromatic N) is 2. The molecule has 2 aromatic rings. The molecule has 3 rings (SSSR count). The van der Waals surface area contributed by atoms with Crippen LogP contribution in [0.3, 0.4) is 0 Å². The van der Waals surface area contributed by atoms with Crippen LogP contribution >= 0.6 is 0 Å². The van der Waals surface area contributed by atoms with Gasteiger partial charge in [0.15, 0.2) is 0 Å². The number of benzene rings is 2. The Balaban J connectivity index is 1.39. The average Bonchev–Trinajstić information content (AvgIpc) is 2.75. The number of methoxy groups -OCH3 is 1. The van der Waals surface area contributed by atoms with Crippen LogP contribution in [0.4, 0.5) is 0 Å². The van der Waals surface area contributed by atoms with Gasteiger partial charge >= 0.3 is 5.97 Å².